The molecule has 7 heteroatoms. The highest BCUT2D eigenvalue weighted by Crippen LogP contribution is 2.34. The van der Waals surface area contributed by atoms with E-state index in [1.807, 2.05) is 60.0 Å². The molecule has 2 aromatic heterocycles. The van der Waals surface area contributed by atoms with Crippen LogP contribution in [0.2, 0.25) is 10.0 Å². The molecule has 0 N–H and O–H groups in total. The summed E-state index contributed by atoms with van der Waals surface area (Å²) in [6.07, 6.45) is 1.47. The fraction of sp³-hybridized carbons (Fsp3) is 0.105. The van der Waals surface area contributed by atoms with Crippen molar-refractivity contribution in [1.29, 1.82) is 0 Å². The van der Waals surface area contributed by atoms with Crippen molar-refractivity contribution in [3.63, 3.8) is 0 Å². The molecule has 0 aliphatic heterocycles. The number of imidazole rings is 1. The lowest BCUT2D eigenvalue weighted by Gasteiger charge is -2.10. The Morgan fingerprint density at radius 1 is 1.00 bits per heavy atom. The van der Waals surface area contributed by atoms with Crippen LogP contribution < -0.4 is 4.74 Å². The quantitative estimate of drug-likeness (QED) is 0.485. The van der Waals surface area contributed by atoms with Crippen LogP contribution in [0.25, 0.3) is 28.2 Å². The molecule has 2 aromatic carbocycles. The van der Waals surface area contributed by atoms with Gasteiger partial charge in [0, 0.05) is 16.3 Å². The summed E-state index contributed by atoms with van der Waals surface area (Å²) >= 11 is 12.5. The molecular weight excluding hydrogens is 371 g/mol. The minimum absolute atomic E-state index is 0.443. The van der Waals surface area contributed by atoms with Gasteiger partial charge < -0.3 is 4.74 Å². The fourth-order valence-electron chi connectivity index (χ4n) is 2.77. The summed E-state index contributed by atoms with van der Waals surface area (Å²) in [5.41, 5.74) is 2.89. The lowest BCUT2D eigenvalue weighted by molar-refractivity contribution is 0.330. The summed E-state index contributed by atoms with van der Waals surface area (Å²) in [6, 6.07) is 15.0. The molecule has 0 saturated heterocycles. The highest BCUT2D eigenvalue weighted by atomic mass is 35.5. The van der Waals surface area contributed by atoms with Crippen molar-refractivity contribution < 1.29 is 4.74 Å². The molecule has 0 unspecified atom stereocenters. The molecule has 5 nitrogen and oxygen atoms in total. The molecule has 0 spiro atoms. The standard InChI is InChI=1S/C19H14Cl2N4O/c1-2-26-19-16-18(22-11-23-19)25(13-9-7-12(20)8-10-13)17(24-16)14-5-3-4-6-15(14)21/h3-11H,2H2,1H3. The maximum absolute atomic E-state index is 6.43. The summed E-state index contributed by atoms with van der Waals surface area (Å²) in [7, 11) is 0. The molecule has 2 heterocycles. The first-order valence-corrected chi connectivity index (χ1v) is 8.81. The van der Waals surface area contributed by atoms with Crippen LogP contribution in [0.15, 0.2) is 54.9 Å². The van der Waals surface area contributed by atoms with Crippen LogP contribution in [0.3, 0.4) is 0 Å². The fourth-order valence-corrected chi connectivity index (χ4v) is 3.12. The van der Waals surface area contributed by atoms with E-state index >= 15 is 0 Å². The molecule has 0 radical (unpaired) electrons. The van der Waals surface area contributed by atoms with Crippen molar-refractivity contribution >= 4 is 34.4 Å². The highest BCUT2D eigenvalue weighted by molar-refractivity contribution is 6.33. The number of rotatable bonds is 4. The zero-order valence-corrected chi connectivity index (χ0v) is 15.4. The molecule has 26 heavy (non-hydrogen) atoms. The molecule has 0 fully saturated rings. The average molecular weight is 385 g/mol. The van der Waals surface area contributed by atoms with Gasteiger partial charge in [-0.25, -0.2) is 9.97 Å². The maximum atomic E-state index is 6.43. The van der Waals surface area contributed by atoms with E-state index < -0.39 is 0 Å². The third-order valence-electron chi connectivity index (χ3n) is 3.89. The molecule has 0 aliphatic rings. The third kappa shape index (κ3) is 2.89. The van der Waals surface area contributed by atoms with Crippen molar-refractivity contribution in [3.8, 4) is 23.0 Å². The number of fused-ring (bicyclic) bond motifs is 1. The van der Waals surface area contributed by atoms with Gasteiger partial charge in [-0.2, -0.15) is 4.98 Å². The number of hydrogen-bond acceptors (Lipinski definition) is 4. The molecule has 130 valence electrons. The summed E-state index contributed by atoms with van der Waals surface area (Å²) < 4.78 is 7.56. The van der Waals surface area contributed by atoms with Gasteiger partial charge in [0.05, 0.1) is 11.6 Å². The van der Waals surface area contributed by atoms with Gasteiger partial charge in [0.15, 0.2) is 11.2 Å². The second-order valence-electron chi connectivity index (χ2n) is 5.51. The molecule has 4 rings (SSSR count). The molecule has 0 aliphatic carbocycles. The second kappa shape index (κ2) is 6.94. The normalized spacial score (nSPS) is 11.0. The largest absolute Gasteiger partial charge is 0.476 e. The van der Waals surface area contributed by atoms with Crippen LogP contribution in [0.1, 0.15) is 6.92 Å². The summed E-state index contributed by atoms with van der Waals surface area (Å²) in [6.45, 7) is 2.39. The Bertz CT molecular complexity index is 1080. The maximum Gasteiger partial charge on any atom is 0.245 e. The lowest BCUT2D eigenvalue weighted by Crippen LogP contribution is -2.00. The van der Waals surface area contributed by atoms with Gasteiger partial charge >= 0.3 is 0 Å². The monoisotopic (exact) mass is 384 g/mol. The molecular formula is C19H14Cl2N4O. The zero-order valence-electron chi connectivity index (χ0n) is 13.9. The van der Waals surface area contributed by atoms with Gasteiger partial charge in [0.25, 0.3) is 0 Å². The summed E-state index contributed by atoms with van der Waals surface area (Å²) in [4.78, 5) is 13.4. The molecule has 0 saturated carbocycles. The summed E-state index contributed by atoms with van der Waals surface area (Å²) in [5.74, 6) is 1.10. The smallest absolute Gasteiger partial charge is 0.245 e. The van der Waals surface area contributed by atoms with Crippen LogP contribution in [0, 0.1) is 0 Å². The van der Waals surface area contributed by atoms with Gasteiger partial charge in [-0.1, -0.05) is 35.3 Å². The SMILES string of the molecule is CCOc1ncnc2c1nc(-c1ccccc1Cl)n2-c1ccc(Cl)cc1. The highest BCUT2D eigenvalue weighted by Gasteiger charge is 2.20. The van der Waals surface area contributed by atoms with Crippen LogP contribution >= 0.6 is 23.2 Å². The molecule has 4 aromatic rings. The van der Waals surface area contributed by atoms with Crippen molar-refractivity contribution in [1.82, 2.24) is 19.5 Å². The van der Waals surface area contributed by atoms with Gasteiger partial charge in [-0.15, -0.1) is 0 Å². The van der Waals surface area contributed by atoms with Crippen LogP contribution in [0.5, 0.6) is 5.88 Å². The van der Waals surface area contributed by atoms with Crippen LogP contribution in [0.4, 0.5) is 0 Å². The Labute approximate surface area is 160 Å². The number of nitrogens with zero attached hydrogens (tertiary/aromatic N) is 4. The topological polar surface area (TPSA) is 52.8 Å². The van der Waals surface area contributed by atoms with E-state index in [4.69, 9.17) is 32.9 Å². The first-order chi connectivity index (χ1) is 12.7. The molecule has 0 atom stereocenters. The Kier molecular flexibility index (Phi) is 4.49. The first kappa shape index (κ1) is 16.8. The lowest BCUT2D eigenvalue weighted by atomic mass is 10.2. The number of ether oxygens (including phenoxy) is 1. The summed E-state index contributed by atoms with van der Waals surface area (Å²) in [5, 5.41) is 1.26. The van der Waals surface area contributed by atoms with Gasteiger partial charge in [0.1, 0.15) is 12.2 Å². The van der Waals surface area contributed by atoms with E-state index in [1.165, 1.54) is 6.33 Å². The van der Waals surface area contributed by atoms with E-state index in [0.29, 0.717) is 39.5 Å². The predicted octanol–water partition coefficient (Wildman–Crippen LogP) is 5.19. The van der Waals surface area contributed by atoms with E-state index in [1.54, 1.807) is 0 Å². The number of hydrogen-bond donors (Lipinski definition) is 0. The number of halogens is 2. The van der Waals surface area contributed by atoms with E-state index in [-0.39, 0.29) is 0 Å². The Morgan fingerprint density at radius 3 is 2.50 bits per heavy atom. The van der Waals surface area contributed by atoms with Gasteiger partial charge in [-0.05, 0) is 43.3 Å². The van der Waals surface area contributed by atoms with E-state index in [9.17, 15) is 0 Å². The number of aromatic nitrogens is 4. The molecule has 0 bridgehead atoms. The van der Waals surface area contributed by atoms with Crippen molar-refractivity contribution in [2.75, 3.05) is 6.61 Å². The Morgan fingerprint density at radius 2 is 1.77 bits per heavy atom. The van der Waals surface area contributed by atoms with Crippen molar-refractivity contribution in [3.05, 3.63) is 64.9 Å². The van der Waals surface area contributed by atoms with Crippen molar-refractivity contribution in [2.24, 2.45) is 0 Å². The second-order valence-corrected chi connectivity index (χ2v) is 6.35. The van der Waals surface area contributed by atoms with E-state index in [0.717, 1.165) is 11.3 Å². The minimum Gasteiger partial charge on any atom is -0.476 e. The van der Waals surface area contributed by atoms with Gasteiger partial charge in [-0.3, -0.25) is 4.57 Å². The van der Waals surface area contributed by atoms with Gasteiger partial charge in [0.2, 0.25) is 5.88 Å². The average Bonchev–Trinajstić information content (AvgIpc) is 3.03. The van der Waals surface area contributed by atoms with E-state index in [2.05, 4.69) is 9.97 Å². The van der Waals surface area contributed by atoms with Crippen LogP contribution in [-0.2, 0) is 0 Å². The Hall–Kier alpha value is -2.63. The van der Waals surface area contributed by atoms with Crippen molar-refractivity contribution in [2.45, 2.75) is 6.92 Å². The Balaban J connectivity index is 2.06. The predicted molar refractivity (Wildman–Crippen MR) is 103 cm³/mol. The molecule has 0 amide bonds. The van der Waals surface area contributed by atoms with Crippen LogP contribution in [-0.4, -0.2) is 26.1 Å². The first-order valence-electron chi connectivity index (χ1n) is 8.06. The minimum atomic E-state index is 0.443. The number of benzene rings is 2. The third-order valence-corrected chi connectivity index (χ3v) is 4.47. The zero-order chi connectivity index (χ0) is 18.1.